The molecule has 0 aliphatic rings. The van der Waals surface area contributed by atoms with Gasteiger partial charge in [-0.2, -0.15) is 0 Å². The second-order valence-corrected chi connectivity index (χ2v) is 4.49. The number of hydrogen-bond acceptors (Lipinski definition) is 3. The second-order valence-electron chi connectivity index (χ2n) is 3.63. The molecule has 1 aromatic rings. The van der Waals surface area contributed by atoms with Gasteiger partial charge in [0.25, 0.3) is 5.91 Å². The van der Waals surface area contributed by atoms with E-state index in [1.807, 2.05) is 13.0 Å². The van der Waals surface area contributed by atoms with E-state index in [9.17, 15) is 9.59 Å². The molecule has 1 aromatic carbocycles. The predicted molar refractivity (Wildman–Crippen MR) is 67.8 cm³/mol. The lowest BCUT2D eigenvalue weighted by Crippen LogP contribution is -2.39. The molecule has 0 saturated heterocycles. The fourth-order valence-corrected chi connectivity index (χ4v) is 1.73. The number of halogens is 1. The minimum atomic E-state index is -0.661. The standard InChI is InChI=1S/C12H14BrNO3/c1-7-9(5-4-6-10(7)13)11(15)14-8(2)12(16)17-3/h4-6,8H,1-3H3,(H,14,15). The van der Waals surface area contributed by atoms with Gasteiger partial charge < -0.3 is 10.1 Å². The first kappa shape index (κ1) is 13.7. The van der Waals surface area contributed by atoms with Gasteiger partial charge in [-0.1, -0.05) is 22.0 Å². The van der Waals surface area contributed by atoms with Crippen molar-refractivity contribution in [2.45, 2.75) is 19.9 Å². The monoisotopic (exact) mass is 299 g/mol. The summed E-state index contributed by atoms with van der Waals surface area (Å²) in [6, 6.07) is 4.68. The highest BCUT2D eigenvalue weighted by Crippen LogP contribution is 2.19. The summed E-state index contributed by atoms with van der Waals surface area (Å²) >= 11 is 3.35. The normalized spacial score (nSPS) is 11.8. The Morgan fingerprint density at radius 3 is 2.65 bits per heavy atom. The third-order valence-corrected chi connectivity index (χ3v) is 3.27. The zero-order valence-corrected chi connectivity index (χ0v) is 11.5. The van der Waals surface area contributed by atoms with E-state index in [1.54, 1.807) is 19.1 Å². The molecular weight excluding hydrogens is 286 g/mol. The quantitative estimate of drug-likeness (QED) is 0.869. The smallest absolute Gasteiger partial charge is 0.328 e. The highest BCUT2D eigenvalue weighted by atomic mass is 79.9. The van der Waals surface area contributed by atoms with Crippen molar-refractivity contribution in [3.63, 3.8) is 0 Å². The molecular formula is C12H14BrNO3. The SMILES string of the molecule is COC(=O)C(C)NC(=O)c1cccc(Br)c1C. The minimum absolute atomic E-state index is 0.290. The number of carbonyl (C=O) groups is 2. The molecule has 1 N–H and O–H groups in total. The van der Waals surface area contributed by atoms with Crippen molar-refractivity contribution in [1.82, 2.24) is 5.32 Å². The second kappa shape index (κ2) is 5.82. The first-order valence-corrected chi connectivity index (χ1v) is 5.90. The number of carbonyl (C=O) groups excluding carboxylic acids is 2. The van der Waals surface area contributed by atoms with Gasteiger partial charge in [-0.25, -0.2) is 4.79 Å². The largest absolute Gasteiger partial charge is 0.467 e. The number of amides is 1. The van der Waals surface area contributed by atoms with Crippen LogP contribution in [0.25, 0.3) is 0 Å². The summed E-state index contributed by atoms with van der Waals surface area (Å²) in [5, 5.41) is 2.58. The number of esters is 1. The van der Waals surface area contributed by atoms with E-state index >= 15 is 0 Å². The van der Waals surface area contributed by atoms with Gasteiger partial charge in [0, 0.05) is 10.0 Å². The lowest BCUT2D eigenvalue weighted by molar-refractivity contribution is -0.142. The van der Waals surface area contributed by atoms with Gasteiger partial charge in [-0.3, -0.25) is 4.79 Å². The van der Waals surface area contributed by atoms with E-state index < -0.39 is 12.0 Å². The van der Waals surface area contributed by atoms with Gasteiger partial charge in [0.05, 0.1) is 7.11 Å². The van der Waals surface area contributed by atoms with Crippen molar-refractivity contribution in [3.05, 3.63) is 33.8 Å². The Bertz CT molecular complexity index is 445. The summed E-state index contributed by atoms with van der Waals surface area (Å²) in [7, 11) is 1.29. The van der Waals surface area contributed by atoms with Crippen molar-refractivity contribution in [1.29, 1.82) is 0 Å². The fraction of sp³-hybridized carbons (Fsp3) is 0.333. The predicted octanol–water partition coefficient (Wildman–Crippen LogP) is 2.05. The molecule has 92 valence electrons. The van der Waals surface area contributed by atoms with Crippen LogP contribution < -0.4 is 5.32 Å². The summed E-state index contributed by atoms with van der Waals surface area (Å²) in [5.41, 5.74) is 1.37. The van der Waals surface area contributed by atoms with Gasteiger partial charge >= 0.3 is 5.97 Å². The van der Waals surface area contributed by atoms with E-state index in [2.05, 4.69) is 26.0 Å². The van der Waals surface area contributed by atoms with E-state index in [4.69, 9.17) is 0 Å². The fourth-order valence-electron chi connectivity index (χ4n) is 1.36. The maximum absolute atomic E-state index is 11.9. The topological polar surface area (TPSA) is 55.4 Å². The maximum Gasteiger partial charge on any atom is 0.328 e. The van der Waals surface area contributed by atoms with Crippen LogP contribution in [-0.4, -0.2) is 25.0 Å². The van der Waals surface area contributed by atoms with E-state index in [-0.39, 0.29) is 5.91 Å². The first-order valence-electron chi connectivity index (χ1n) is 5.11. The number of benzene rings is 1. The molecule has 0 radical (unpaired) electrons. The van der Waals surface area contributed by atoms with E-state index in [1.165, 1.54) is 7.11 Å². The molecule has 1 amide bonds. The zero-order chi connectivity index (χ0) is 13.0. The van der Waals surface area contributed by atoms with E-state index in [0.29, 0.717) is 5.56 Å². The summed E-state index contributed by atoms with van der Waals surface area (Å²) in [5.74, 6) is -0.757. The Morgan fingerprint density at radius 1 is 1.41 bits per heavy atom. The van der Waals surface area contributed by atoms with Crippen molar-refractivity contribution < 1.29 is 14.3 Å². The molecule has 0 aromatic heterocycles. The van der Waals surface area contributed by atoms with Gasteiger partial charge in [-0.15, -0.1) is 0 Å². The van der Waals surface area contributed by atoms with Crippen molar-refractivity contribution in [2.75, 3.05) is 7.11 Å². The summed E-state index contributed by atoms with van der Waals surface area (Å²) in [6.07, 6.45) is 0. The minimum Gasteiger partial charge on any atom is -0.467 e. The highest BCUT2D eigenvalue weighted by Gasteiger charge is 2.18. The lowest BCUT2D eigenvalue weighted by atomic mass is 10.1. The Labute approximate surface area is 108 Å². The van der Waals surface area contributed by atoms with Crippen LogP contribution in [0.3, 0.4) is 0 Å². The number of ether oxygens (including phenoxy) is 1. The highest BCUT2D eigenvalue weighted by molar-refractivity contribution is 9.10. The molecule has 0 saturated carbocycles. The molecule has 1 unspecified atom stereocenters. The van der Waals surface area contributed by atoms with Crippen LogP contribution in [0.15, 0.2) is 22.7 Å². The van der Waals surface area contributed by atoms with Crippen LogP contribution >= 0.6 is 15.9 Å². The van der Waals surface area contributed by atoms with Crippen LogP contribution in [0.5, 0.6) is 0 Å². The average molecular weight is 300 g/mol. The molecule has 4 nitrogen and oxygen atoms in total. The molecule has 17 heavy (non-hydrogen) atoms. The zero-order valence-electron chi connectivity index (χ0n) is 9.91. The molecule has 1 rings (SSSR count). The third kappa shape index (κ3) is 3.30. The summed E-state index contributed by atoms with van der Waals surface area (Å²) in [4.78, 5) is 23.1. The van der Waals surface area contributed by atoms with Crippen LogP contribution in [0.4, 0.5) is 0 Å². The number of rotatable bonds is 3. The Balaban J connectivity index is 2.84. The molecule has 0 heterocycles. The van der Waals surface area contributed by atoms with Gasteiger partial charge in [-0.05, 0) is 31.5 Å². The maximum atomic E-state index is 11.9. The molecule has 0 spiro atoms. The molecule has 0 aliphatic carbocycles. The van der Waals surface area contributed by atoms with Gasteiger partial charge in [0.1, 0.15) is 6.04 Å². The number of nitrogens with one attached hydrogen (secondary N) is 1. The summed E-state index contributed by atoms with van der Waals surface area (Å²) < 4.78 is 5.40. The van der Waals surface area contributed by atoms with Crippen molar-refractivity contribution in [2.24, 2.45) is 0 Å². The van der Waals surface area contributed by atoms with E-state index in [0.717, 1.165) is 10.0 Å². The Kier molecular flexibility index (Phi) is 4.69. The average Bonchev–Trinajstić information content (AvgIpc) is 2.31. The third-order valence-electron chi connectivity index (χ3n) is 2.41. The van der Waals surface area contributed by atoms with Gasteiger partial charge in [0.2, 0.25) is 0 Å². The van der Waals surface area contributed by atoms with Crippen LogP contribution in [-0.2, 0) is 9.53 Å². The number of hydrogen-bond donors (Lipinski definition) is 1. The van der Waals surface area contributed by atoms with Crippen molar-refractivity contribution in [3.8, 4) is 0 Å². The molecule has 5 heteroatoms. The van der Waals surface area contributed by atoms with Gasteiger partial charge in [0.15, 0.2) is 0 Å². The molecule has 0 fully saturated rings. The van der Waals surface area contributed by atoms with Crippen LogP contribution in [0, 0.1) is 6.92 Å². The Morgan fingerprint density at radius 2 is 2.06 bits per heavy atom. The Hall–Kier alpha value is -1.36. The first-order chi connectivity index (χ1) is 7.97. The molecule has 0 aliphatic heterocycles. The van der Waals surface area contributed by atoms with Crippen molar-refractivity contribution >= 4 is 27.8 Å². The molecule has 1 atom stereocenters. The number of methoxy groups -OCH3 is 1. The van der Waals surface area contributed by atoms with Crippen LogP contribution in [0.1, 0.15) is 22.8 Å². The molecule has 0 bridgehead atoms. The lowest BCUT2D eigenvalue weighted by Gasteiger charge is -2.13. The van der Waals surface area contributed by atoms with Crippen LogP contribution in [0.2, 0.25) is 0 Å². The summed E-state index contributed by atoms with van der Waals surface area (Å²) in [6.45, 7) is 3.42.